The molecule has 0 radical (unpaired) electrons. The molecule has 0 spiro atoms. The van der Waals surface area contributed by atoms with Crippen molar-refractivity contribution in [3.63, 3.8) is 0 Å². The number of nitrogens with one attached hydrogen (secondary N) is 1. The molecule has 0 bridgehead atoms. The van der Waals surface area contributed by atoms with Crippen molar-refractivity contribution in [1.82, 2.24) is 4.98 Å². The van der Waals surface area contributed by atoms with Gasteiger partial charge in [-0.2, -0.15) is 0 Å². The summed E-state index contributed by atoms with van der Waals surface area (Å²) in [5.74, 6) is 0. The van der Waals surface area contributed by atoms with E-state index in [1.807, 2.05) is 6.07 Å². The maximum atomic E-state index is 11.4. The second-order valence-corrected chi connectivity index (χ2v) is 6.58. The van der Waals surface area contributed by atoms with Crippen molar-refractivity contribution < 1.29 is 4.21 Å². The molecule has 0 aliphatic carbocycles. The Morgan fingerprint density at radius 1 is 1.36 bits per heavy atom. The molecular weight excluding hydrogens is 196 g/mol. The van der Waals surface area contributed by atoms with Gasteiger partial charge in [-0.1, -0.05) is 26.8 Å². The van der Waals surface area contributed by atoms with Gasteiger partial charge in [-0.15, -0.1) is 0 Å². The highest BCUT2D eigenvalue weighted by molar-refractivity contribution is 7.91. The van der Waals surface area contributed by atoms with Gasteiger partial charge in [0.05, 0.1) is 9.73 Å². The van der Waals surface area contributed by atoms with E-state index in [-0.39, 0.29) is 5.41 Å². The van der Waals surface area contributed by atoms with Gasteiger partial charge in [-0.3, -0.25) is 0 Å². The molecule has 0 saturated heterocycles. The minimum Gasteiger partial charge on any atom is -0.248 e. The first-order chi connectivity index (χ1) is 6.21. The third-order valence-corrected chi connectivity index (χ3v) is 3.04. The van der Waals surface area contributed by atoms with Gasteiger partial charge in [0.15, 0.2) is 0 Å². The summed E-state index contributed by atoms with van der Waals surface area (Å²) in [6, 6.07) is 3.57. The highest BCUT2D eigenvalue weighted by atomic mass is 32.2. The lowest BCUT2D eigenvalue weighted by atomic mass is 9.88. The molecule has 1 rings (SSSR count). The molecule has 1 aromatic heterocycles. The smallest absolute Gasteiger partial charge is 0.135 e. The largest absolute Gasteiger partial charge is 0.248 e. The normalized spacial score (nSPS) is 16.3. The standard InChI is InChI=1S/C10H16N2OS/c1-10(2,3)8-5-6-9(12-7-8)14(4,11)13/h5-7,11H,1-4H3/t14-/m0/s1. The Labute approximate surface area is 85.5 Å². The van der Waals surface area contributed by atoms with Crippen LogP contribution in [0.3, 0.4) is 0 Å². The van der Waals surface area contributed by atoms with Crippen LogP contribution in [0.15, 0.2) is 23.4 Å². The van der Waals surface area contributed by atoms with Gasteiger partial charge in [0, 0.05) is 12.5 Å². The van der Waals surface area contributed by atoms with Gasteiger partial charge in [-0.05, 0) is 17.0 Å². The lowest BCUT2D eigenvalue weighted by Crippen LogP contribution is -2.12. The molecule has 0 aliphatic rings. The molecule has 1 N–H and O–H groups in total. The zero-order valence-corrected chi connectivity index (χ0v) is 9.81. The summed E-state index contributed by atoms with van der Waals surface area (Å²) in [7, 11) is -2.68. The van der Waals surface area contributed by atoms with E-state index in [0.29, 0.717) is 5.03 Å². The van der Waals surface area contributed by atoms with Gasteiger partial charge in [0.2, 0.25) is 0 Å². The van der Waals surface area contributed by atoms with E-state index < -0.39 is 9.73 Å². The fourth-order valence-corrected chi connectivity index (χ4v) is 1.64. The lowest BCUT2D eigenvalue weighted by Gasteiger charge is -2.18. The quantitative estimate of drug-likeness (QED) is 0.777. The molecule has 0 fully saturated rings. The SMILES string of the molecule is CC(C)(C)c1ccc([S@@](C)(=N)=O)nc1. The molecule has 1 atom stereocenters. The molecule has 0 saturated carbocycles. The van der Waals surface area contributed by atoms with Gasteiger partial charge >= 0.3 is 0 Å². The van der Waals surface area contributed by atoms with E-state index in [9.17, 15) is 4.21 Å². The second-order valence-electron chi connectivity index (χ2n) is 4.48. The zero-order valence-electron chi connectivity index (χ0n) is 9.00. The van der Waals surface area contributed by atoms with Crippen LogP contribution in [0.1, 0.15) is 26.3 Å². The van der Waals surface area contributed by atoms with Crippen molar-refractivity contribution in [3.05, 3.63) is 23.9 Å². The van der Waals surface area contributed by atoms with Crippen LogP contribution in [-0.2, 0) is 15.1 Å². The molecule has 14 heavy (non-hydrogen) atoms. The summed E-state index contributed by atoms with van der Waals surface area (Å²) in [5.41, 5.74) is 1.13. The van der Waals surface area contributed by atoms with E-state index in [2.05, 4.69) is 25.8 Å². The Morgan fingerprint density at radius 2 is 1.93 bits per heavy atom. The summed E-state index contributed by atoms with van der Waals surface area (Å²) in [6.07, 6.45) is 3.08. The van der Waals surface area contributed by atoms with Crippen LogP contribution >= 0.6 is 0 Å². The van der Waals surface area contributed by atoms with Gasteiger partial charge in [0.25, 0.3) is 0 Å². The number of pyridine rings is 1. The monoisotopic (exact) mass is 212 g/mol. The first kappa shape index (κ1) is 11.2. The summed E-state index contributed by atoms with van der Waals surface area (Å²) in [6.45, 7) is 6.27. The van der Waals surface area contributed by atoms with E-state index in [4.69, 9.17) is 4.78 Å². The number of rotatable bonds is 1. The fourth-order valence-electron chi connectivity index (χ4n) is 1.05. The molecule has 1 heterocycles. The van der Waals surface area contributed by atoms with Crippen molar-refractivity contribution in [2.24, 2.45) is 0 Å². The Morgan fingerprint density at radius 3 is 2.21 bits per heavy atom. The maximum Gasteiger partial charge on any atom is 0.135 e. The van der Waals surface area contributed by atoms with Crippen LogP contribution in [0.4, 0.5) is 0 Å². The molecule has 78 valence electrons. The third kappa shape index (κ3) is 2.54. The summed E-state index contributed by atoms with van der Waals surface area (Å²) >= 11 is 0. The molecular formula is C10H16N2OS. The molecule has 1 aromatic rings. The number of hydrogen-bond donors (Lipinski definition) is 1. The zero-order chi connectivity index (χ0) is 11.0. The second kappa shape index (κ2) is 3.35. The van der Waals surface area contributed by atoms with E-state index in [1.165, 1.54) is 6.26 Å². The van der Waals surface area contributed by atoms with Crippen LogP contribution in [0.2, 0.25) is 0 Å². The minimum absolute atomic E-state index is 0.0438. The van der Waals surface area contributed by atoms with Crippen molar-refractivity contribution in [1.29, 1.82) is 4.78 Å². The van der Waals surface area contributed by atoms with Crippen molar-refractivity contribution in [2.75, 3.05) is 6.26 Å². The van der Waals surface area contributed by atoms with E-state index in [1.54, 1.807) is 12.3 Å². The van der Waals surface area contributed by atoms with Crippen molar-refractivity contribution >= 4 is 9.73 Å². The van der Waals surface area contributed by atoms with E-state index in [0.717, 1.165) is 5.56 Å². The van der Waals surface area contributed by atoms with Crippen LogP contribution in [0.25, 0.3) is 0 Å². The molecule has 0 aliphatic heterocycles. The number of hydrogen-bond acceptors (Lipinski definition) is 3. The lowest BCUT2D eigenvalue weighted by molar-refractivity contribution is 0.585. The van der Waals surface area contributed by atoms with Crippen molar-refractivity contribution in [3.8, 4) is 0 Å². The Balaban J connectivity index is 3.14. The van der Waals surface area contributed by atoms with Crippen molar-refractivity contribution in [2.45, 2.75) is 31.2 Å². The number of aromatic nitrogens is 1. The minimum atomic E-state index is -2.68. The van der Waals surface area contributed by atoms with Crippen LogP contribution < -0.4 is 0 Å². The summed E-state index contributed by atoms with van der Waals surface area (Å²) in [4.78, 5) is 4.05. The topological polar surface area (TPSA) is 53.8 Å². The Hall–Kier alpha value is -0.900. The molecule has 0 aromatic carbocycles. The van der Waals surface area contributed by atoms with Crippen LogP contribution in [-0.4, -0.2) is 15.4 Å². The first-order valence-electron chi connectivity index (χ1n) is 4.41. The predicted octanol–water partition coefficient (Wildman–Crippen LogP) is 2.41. The average Bonchev–Trinajstić information content (AvgIpc) is 2.01. The third-order valence-electron chi connectivity index (χ3n) is 2.00. The van der Waals surface area contributed by atoms with Gasteiger partial charge < -0.3 is 0 Å². The molecule has 0 unspecified atom stereocenters. The first-order valence-corrected chi connectivity index (χ1v) is 6.38. The predicted molar refractivity (Wildman–Crippen MR) is 58.0 cm³/mol. The van der Waals surface area contributed by atoms with E-state index >= 15 is 0 Å². The average molecular weight is 212 g/mol. The number of nitrogens with zero attached hydrogens (tertiary/aromatic N) is 1. The van der Waals surface area contributed by atoms with Gasteiger partial charge in [-0.25, -0.2) is 14.0 Å². The Bertz CT molecular complexity index is 412. The molecule has 3 nitrogen and oxygen atoms in total. The summed E-state index contributed by atoms with van der Waals surface area (Å²) < 4.78 is 18.7. The molecule has 0 amide bonds. The van der Waals surface area contributed by atoms with Crippen LogP contribution in [0.5, 0.6) is 0 Å². The highest BCUT2D eigenvalue weighted by Crippen LogP contribution is 2.21. The Kier molecular flexibility index (Phi) is 2.67. The highest BCUT2D eigenvalue weighted by Gasteiger charge is 2.14. The summed E-state index contributed by atoms with van der Waals surface area (Å²) in [5, 5.41) is 0.352. The maximum absolute atomic E-state index is 11.4. The molecule has 4 heteroatoms. The van der Waals surface area contributed by atoms with Crippen LogP contribution in [0, 0.1) is 4.78 Å². The fraction of sp³-hybridized carbons (Fsp3) is 0.500. The van der Waals surface area contributed by atoms with Gasteiger partial charge in [0.1, 0.15) is 5.03 Å².